The van der Waals surface area contributed by atoms with Crippen LogP contribution in [0, 0.1) is 6.92 Å². The van der Waals surface area contributed by atoms with E-state index in [2.05, 4.69) is 10.4 Å². The summed E-state index contributed by atoms with van der Waals surface area (Å²) in [6.07, 6.45) is 1.60. The number of halogens is 1. The van der Waals surface area contributed by atoms with Crippen molar-refractivity contribution in [2.45, 2.75) is 6.92 Å². The quantitative estimate of drug-likeness (QED) is 0.803. The maximum atomic E-state index is 12.0. The van der Waals surface area contributed by atoms with E-state index in [1.165, 1.54) is 12.1 Å². The normalized spacial score (nSPS) is 10.6. The van der Waals surface area contributed by atoms with E-state index in [0.717, 1.165) is 11.4 Å². The number of nitrogens with one attached hydrogen (secondary N) is 1. The van der Waals surface area contributed by atoms with Gasteiger partial charge >= 0.3 is 0 Å². The Labute approximate surface area is 126 Å². The van der Waals surface area contributed by atoms with Gasteiger partial charge < -0.3 is 9.73 Å². The molecule has 0 aliphatic rings. The Morgan fingerprint density at radius 2 is 2.00 bits per heavy atom. The highest BCUT2D eigenvalue weighted by atomic mass is 35.5. The fourth-order valence-corrected chi connectivity index (χ4v) is 2.13. The SMILES string of the molecule is Cc1c(NC(=O)c2ccc(Cl)o2)cnn1-c1ccccc1. The van der Waals surface area contributed by atoms with Crippen LogP contribution >= 0.6 is 11.6 Å². The highest BCUT2D eigenvalue weighted by Crippen LogP contribution is 2.20. The van der Waals surface area contributed by atoms with Crippen LogP contribution in [0.3, 0.4) is 0 Å². The van der Waals surface area contributed by atoms with Gasteiger partial charge in [0, 0.05) is 0 Å². The molecule has 1 amide bonds. The average Bonchev–Trinajstić information content (AvgIpc) is 3.07. The summed E-state index contributed by atoms with van der Waals surface area (Å²) in [4.78, 5) is 12.0. The number of carbonyl (C=O) groups excluding carboxylic acids is 1. The van der Waals surface area contributed by atoms with Gasteiger partial charge in [-0.1, -0.05) is 18.2 Å². The summed E-state index contributed by atoms with van der Waals surface area (Å²) >= 11 is 5.66. The Balaban J connectivity index is 1.85. The van der Waals surface area contributed by atoms with Gasteiger partial charge in [-0.15, -0.1) is 0 Å². The zero-order valence-corrected chi connectivity index (χ0v) is 12.0. The first-order valence-electron chi connectivity index (χ1n) is 6.32. The molecule has 0 bridgehead atoms. The zero-order chi connectivity index (χ0) is 14.8. The predicted molar refractivity (Wildman–Crippen MR) is 80.0 cm³/mol. The predicted octanol–water partition coefficient (Wildman–Crippen LogP) is 3.68. The second-order valence-corrected chi connectivity index (χ2v) is 4.82. The Morgan fingerprint density at radius 1 is 1.24 bits per heavy atom. The van der Waals surface area contributed by atoms with Crippen LogP contribution in [-0.4, -0.2) is 15.7 Å². The fourth-order valence-electron chi connectivity index (χ4n) is 1.98. The van der Waals surface area contributed by atoms with Gasteiger partial charge in [0.2, 0.25) is 0 Å². The molecule has 1 N–H and O–H groups in total. The number of aromatic nitrogens is 2. The molecule has 0 unspecified atom stereocenters. The van der Waals surface area contributed by atoms with Crippen molar-refractivity contribution in [3.05, 3.63) is 65.3 Å². The average molecular weight is 302 g/mol. The summed E-state index contributed by atoms with van der Waals surface area (Å²) in [6, 6.07) is 12.7. The van der Waals surface area contributed by atoms with E-state index >= 15 is 0 Å². The second-order valence-electron chi connectivity index (χ2n) is 4.45. The van der Waals surface area contributed by atoms with Crippen LogP contribution in [-0.2, 0) is 0 Å². The summed E-state index contributed by atoms with van der Waals surface area (Å²) in [5.74, 6) is -0.204. The number of benzene rings is 1. The fraction of sp³-hybridized carbons (Fsp3) is 0.0667. The Hall–Kier alpha value is -2.53. The maximum absolute atomic E-state index is 12.0. The molecule has 0 atom stereocenters. The Bertz CT molecular complexity index is 777. The van der Waals surface area contributed by atoms with Gasteiger partial charge in [0.15, 0.2) is 11.0 Å². The summed E-state index contributed by atoms with van der Waals surface area (Å²) < 4.78 is 6.83. The van der Waals surface area contributed by atoms with Crippen LogP contribution in [0.5, 0.6) is 0 Å². The van der Waals surface area contributed by atoms with Gasteiger partial charge in [0.25, 0.3) is 5.91 Å². The highest BCUT2D eigenvalue weighted by molar-refractivity contribution is 6.29. The first-order chi connectivity index (χ1) is 10.1. The molecule has 6 heteroatoms. The van der Waals surface area contributed by atoms with E-state index in [9.17, 15) is 4.79 Å². The number of furan rings is 1. The third-order valence-corrected chi connectivity index (χ3v) is 3.26. The summed E-state index contributed by atoms with van der Waals surface area (Å²) in [5.41, 5.74) is 2.38. The Kier molecular flexibility index (Phi) is 3.50. The lowest BCUT2D eigenvalue weighted by molar-refractivity contribution is 0.0996. The molecule has 0 saturated heterocycles. The number of carbonyl (C=O) groups is 1. The molecule has 0 radical (unpaired) electrons. The minimum atomic E-state index is -0.363. The van der Waals surface area contributed by atoms with Crippen LogP contribution in [0.1, 0.15) is 16.2 Å². The lowest BCUT2D eigenvalue weighted by Crippen LogP contribution is -2.11. The standard InChI is InChI=1S/C15H12ClN3O2/c1-10-12(18-15(20)13-7-8-14(16)21-13)9-17-19(10)11-5-3-2-4-6-11/h2-9H,1H3,(H,18,20). The van der Waals surface area contributed by atoms with Crippen molar-refractivity contribution in [2.24, 2.45) is 0 Å². The van der Waals surface area contributed by atoms with Gasteiger partial charge in [0.05, 0.1) is 23.3 Å². The molecule has 5 nitrogen and oxygen atoms in total. The number of para-hydroxylation sites is 1. The third kappa shape index (κ3) is 2.68. The second kappa shape index (κ2) is 5.46. The third-order valence-electron chi connectivity index (χ3n) is 3.06. The van der Waals surface area contributed by atoms with Gasteiger partial charge in [0.1, 0.15) is 0 Å². The van der Waals surface area contributed by atoms with Crippen molar-refractivity contribution in [1.29, 1.82) is 0 Å². The van der Waals surface area contributed by atoms with E-state index in [0.29, 0.717) is 5.69 Å². The molecule has 0 fully saturated rings. The smallest absolute Gasteiger partial charge is 0.291 e. The zero-order valence-electron chi connectivity index (χ0n) is 11.2. The molecule has 0 saturated carbocycles. The summed E-state index contributed by atoms with van der Waals surface area (Å²) in [7, 11) is 0. The van der Waals surface area contributed by atoms with E-state index in [-0.39, 0.29) is 16.9 Å². The molecular weight excluding hydrogens is 290 g/mol. The van der Waals surface area contributed by atoms with E-state index in [4.69, 9.17) is 16.0 Å². The van der Waals surface area contributed by atoms with Crippen LogP contribution in [0.15, 0.2) is 53.1 Å². The van der Waals surface area contributed by atoms with Crippen LogP contribution in [0.4, 0.5) is 5.69 Å². The minimum Gasteiger partial charge on any atom is -0.440 e. The van der Waals surface area contributed by atoms with Crippen molar-refractivity contribution < 1.29 is 9.21 Å². The topological polar surface area (TPSA) is 60.1 Å². The first-order valence-corrected chi connectivity index (χ1v) is 6.69. The van der Waals surface area contributed by atoms with Crippen LogP contribution < -0.4 is 5.32 Å². The molecule has 2 heterocycles. The van der Waals surface area contributed by atoms with Gasteiger partial charge in [-0.2, -0.15) is 5.10 Å². The van der Waals surface area contributed by atoms with Gasteiger partial charge in [-0.3, -0.25) is 4.79 Å². The van der Waals surface area contributed by atoms with Crippen molar-refractivity contribution in [3.8, 4) is 5.69 Å². The molecule has 3 aromatic rings. The number of hydrogen-bond acceptors (Lipinski definition) is 3. The van der Waals surface area contributed by atoms with E-state index in [1.807, 2.05) is 37.3 Å². The van der Waals surface area contributed by atoms with Crippen LogP contribution in [0.2, 0.25) is 5.22 Å². The number of rotatable bonds is 3. The van der Waals surface area contributed by atoms with Crippen molar-refractivity contribution in [1.82, 2.24) is 9.78 Å². The first kappa shape index (κ1) is 13.5. The number of anilines is 1. The molecule has 2 aromatic heterocycles. The number of hydrogen-bond donors (Lipinski definition) is 1. The molecular formula is C15H12ClN3O2. The number of nitrogens with zero attached hydrogens (tertiary/aromatic N) is 2. The Morgan fingerprint density at radius 3 is 2.67 bits per heavy atom. The largest absolute Gasteiger partial charge is 0.440 e. The lowest BCUT2D eigenvalue weighted by atomic mass is 10.3. The molecule has 1 aromatic carbocycles. The minimum absolute atomic E-state index is 0.159. The van der Waals surface area contributed by atoms with Crippen molar-refractivity contribution in [3.63, 3.8) is 0 Å². The molecule has 3 rings (SSSR count). The molecule has 0 aliphatic heterocycles. The summed E-state index contributed by atoms with van der Waals surface area (Å²) in [5, 5.41) is 7.22. The molecule has 106 valence electrons. The van der Waals surface area contributed by atoms with Crippen molar-refractivity contribution in [2.75, 3.05) is 5.32 Å². The summed E-state index contributed by atoms with van der Waals surface area (Å²) in [6.45, 7) is 1.88. The van der Waals surface area contributed by atoms with Gasteiger partial charge in [-0.25, -0.2) is 4.68 Å². The number of amides is 1. The van der Waals surface area contributed by atoms with Gasteiger partial charge in [-0.05, 0) is 42.8 Å². The molecule has 21 heavy (non-hydrogen) atoms. The van der Waals surface area contributed by atoms with Crippen molar-refractivity contribution >= 4 is 23.2 Å². The van der Waals surface area contributed by atoms with Crippen LogP contribution in [0.25, 0.3) is 5.69 Å². The lowest BCUT2D eigenvalue weighted by Gasteiger charge is -2.05. The maximum Gasteiger partial charge on any atom is 0.291 e. The molecule has 0 aliphatic carbocycles. The van der Waals surface area contributed by atoms with E-state index < -0.39 is 0 Å². The monoisotopic (exact) mass is 301 g/mol. The van der Waals surface area contributed by atoms with E-state index in [1.54, 1.807) is 10.9 Å². The molecule has 0 spiro atoms. The highest BCUT2D eigenvalue weighted by Gasteiger charge is 2.14.